The molecule has 0 bridgehead atoms. The zero-order chi connectivity index (χ0) is 14.8. The predicted molar refractivity (Wildman–Crippen MR) is 86.8 cm³/mol. The van der Waals surface area contributed by atoms with E-state index in [9.17, 15) is 4.39 Å². The Hall–Kier alpha value is -1.74. The molecule has 0 spiro atoms. The SMILES string of the molecule is CN1CCCc2cc(CNc3c(F)cccc3Cl)ccc21. The van der Waals surface area contributed by atoms with Crippen molar-refractivity contribution in [3.05, 3.63) is 58.4 Å². The Bertz CT molecular complexity index is 637. The van der Waals surface area contributed by atoms with Crippen molar-refractivity contribution in [1.82, 2.24) is 0 Å². The molecular formula is C17H18ClFN2. The van der Waals surface area contributed by atoms with Crippen LogP contribution < -0.4 is 10.2 Å². The number of para-hydroxylation sites is 1. The number of nitrogens with one attached hydrogen (secondary N) is 1. The van der Waals surface area contributed by atoms with Crippen LogP contribution in [0.1, 0.15) is 17.5 Å². The molecule has 110 valence electrons. The molecule has 1 N–H and O–H groups in total. The Balaban J connectivity index is 1.77. The van der Waals surface area contributed by atoms with Gasteiger partial charge in [-0.3, -0.25) is 0 Å². The summed E-state index contributed by atoms with van der Waals surface area (Å²) in [4.78, 5) is 2.28. The van der Waals surface area contributed by atoms with Gasteiger partial charge >= 0.3 is 0 Å². The fraction of sp³-hybridized carbons (Fsp3) is 0.294. The van der Waals surface area contributed by atoms with Crippen molar-refractivity contribution in [2.24, 2.45) is 0 Å². The first-order valence-electron chi connectivity index (χ1n) is 7.16. The Labute approximate surface area is 129 Å². The van der Waals surface area contributed by atoms with E-state index in [1.807, 2.05) is 0 Å². The summed E-state index contributed by atoms with van der Waals surface area (Å²) in [5.74, 6) is -0.319. The molecule has 0 radical (unpaired) electrons. The van der Waals surface area contributed by atoms with Crippen molar-refractivity contribution in [2.75, 3.05) is 23.8 Å². The molecular weight excluding hydrogens is 287 g/mol. The van der Waals surface area contributed by atoms with Gasteiger partial charge in [-0.1, -0.05) is 29.8 Å². The molecule has 0 aromatic heterocycles. The molecule has 0 atom stereocenters. The van der Waals surface area contributed by atoms with Crippen LogP contribution in [0.15, 0.2) is 36.4 Å². The number of aryl methyl sites for hydroxylation is 1. The molecule has 0 fully saturated rings. The third-order valence-electron chi connectivity index (χ3n) is 3.93. The summed E-state index contributed by atoms with van der Waals surface area (Å²) < 4.78 is 13.7. The molecule has 1 aliphatic heterocycles. The van der Waals surface area contributed by atoms with Crippen LogP contribution in [0.25, 0.3) is 0 Å². The van der Waals surface area contributed by atoms with Gasteiger partial charge in [0.05, 0.1) is 10.7 Å². The molecule has 2 aromatic carbocycles. The molecule has 1 heterocycles. The van der Waals surface area contributed by atoms with Crippen LogP contribution in [-0.4, -0.2) is 13.6 Å². The highest BCUT2D eigenvalue weighted by atomic mass is 35.5. The topological polar surface area (TPSA) is 15.3 Å². The number of fused-ring (bicyclic) bond motifs is 1. The monoisotopic (exact) mass is 304 g/mol. The second-order valence-corrected chi connectivity index (χ2v) is 5.85. The summed E-state index contributed by atoms with van der Waals surface area (Å²) in [5.41, 5.74) is 4.17. The van der Waals surface area contributed by atoms with Crippen molar-refractivity contribution in [2.45, 2.75) is 19.4 Å². The van der Waals surface area contributed by atoms with Gasteiger partial charge in [0.1, 0.15) is 5.82 Å². The fourth-order valence-corrected chi connectivity index (χ4v) is 3.04. The van der Waals surface area contributed by atoms with E-state index in [0.717, 1.165) is 18.5 Å². The largest absolute Gasteiger partial charge is 0.377 e. The maximum Gasteiger partial charge on any atom is 0.147 e. The minimum atomic E-state index is -0.319. The fourth-order valence-electron chi connectivity index (χ4n) is 2.81. The summed E-state index contributed by atoms with van der Waals surface area (Å²) >= 11 is 6.02. The third kappa shape index (κ3) is 2.98. The Morgan fingerprint density at radius 1 is 1.29 bits per heavy atom. The Morgan fingerprint density at radius 2 is 2.14 bits per heavy atom. The molecule has 2 aromatic rings. The molecule has 1 aliphatic rings. The van der Waals surface area contributed by atoms with Crippen LogP contribution in [0.4, 0.5) is 15.8 Å². The average molecular weight is 305 g/mol. The normalized spacial score (nSPS) is 14.0. The van der Waals surface area contributed by atoms with Gasteiger partial charge in [-0.2, -0.15) is 0 Å². The molecule has 0 aliphatic carbocycles. The molecule has 2 nitrogen and oxygen atoms in total. The van der Waals surface area contributed by atoms with E-state index >= 15 is 0 Å². The molecule has 4 heteroatoms. The van der Waals surface area contributed by atoms with Crippen LogP contribution in [0.2, 0.25) is 5.02 Å². The number of halogens is 2. The summed E-state index contributed by atoms with van der Waals surface area (Å²) in [7, 11) is 2.12. The third-order valence-corrected chi connectivity index (χ3v) is 4.24. The van der Waals surface area contributed by atoms with Crippen LogP contribution in [0, 0.1) is 5.82 Å². The van der Waals surface area contributed by atoms with Crippen LogP contribution in [-0.2, 0) is 13.0 Å². The minimum Gasteiger partial charge on any atom is -0.377 e. The maximum absolute atomic E-state index is 13.7. The van der Waals surface area contributed by atoms with Gasteiger partial charge in [0.25, 0.3) is 0 Å². The first kappa shape index (κ1) is 14.2. The number of hydrogen-bond donors (Lipinski definition) is 1. The standard InChI is InChI=1S/C17H18ClFN2/c1-21-9-3-4-13-10-12(7-8-16(13)21)11-20-17-14(18)5-2-6-15(17)19/h2,5-8,10,20H,3-4,9,11H2,1H3. The van der Waals surface area contributed by atoms with Crippen molar-refractivity contribution < 1.29 is 4.39 Å². The van der Waals surface area contributed by atoms with Gasteiger partial charge in [-0.05, 0) is 42.2 Å². The number of hydrogen-bond acceptors (Lipinski definition) is 2. The minimum absolute atomic E-state index is 0.319. The van der Waals surface area contributed by atoms with Gasteiger partial charge in [0, 0.05) is 25.8 Å². The van der Waals surface area contributed by atoms with Crippen molar-refractivity contribution in [1.29, 1.82) is 0 Å². The Morgan fingerprint density at radius 3 is 2.95 bits per heavy atom. The predicted octanol–water partition coefficient (Wildman–Crippen LogP) is 4.47. The summed E-state index contributed by atoms with van der Waals surface area (Å²) in [5, 5.41) is 3.50. The van der Waals surface area contributed by atoms with E-state index in [1.165, 1.54) is 23.7 Å². The van der Waals surface area contributed by atoms with E-state index in [-0.39, 0.29) is 5.82 Å². The van der Waals surface area contributed by atoms with Crippen LogP contribution in [0.5, 0.6) is 0 Å². The first-order chi connectivity index (χ1) is 10.1. The smallest absolute Gasteiger partial charge is 0.147 e. The lowest BCUT2D eigenvalue weighted by atomic mass is 9.99. The van der Waals surface area contributed by atoms with Gasteiger partial charge in [0.15, 0.2) is 0 Å². The highest BCUT2D eigenvalue weighted by Gasteiger charge is 2.14. The summed E-state index contributed by atoms with van der Waals surface area (Å²) in [6.07, 6.45) is 2.29. The van der Waals surface area contributed by atoms with E-state index in [4.69, 9.17) is 11.6 Å². The molecule has 0 unspecified atom stereocenters. The second kappa shape index (κ2) is 5.94. The first-order valence-corrected chi connectivity index (χ1v) is 7.54. The lowest BCUT2D eigenvalue weighted by Gasteiger charge is -2.28. The molecule has 0 saturated carbocycles. The molecule has 21 heavy (non-hydrogen) atoms. The van der Waals surface area contributed by atoms with E-state index in [1.54, 1.807) is 12.1 Å². The van der Waals surface area contributed by atoms with Crippen LogP contribution in [0.3, 0.4) is 0 Å². The maximum atomic E-state index is 13.7. The average Bonchev–Trinajstić information content (AvgIpc) is 2.47. The lowest BCUT2D eigenvalue weighted by Crippen LogP contribution is -2.24. The summed E-state index contributed by atoms with van der Waals surface area (Å²) in [6, 6.07) is 11.1. The highest BCUT2D eigenvalue weighted by Crippen LogP contribution is 2.28. The quantitative estimate of drug-likeness (QED) is 0.900. The van der Waals surface area contributed by atoms with Crippen molar-refractivity contribution in [3.8, 4) is 0 Å². The van der Waals surface area contributed by atoms with Crippen molar-refractivity contribution in [3.63, 3.8) is 0 Å². The molecule has 0 saturated heterocycles. The number of nitrogens with zero attached hydrogens (tertiary/aromatic N) is 1. The van der Waals surface area contributed by atoms with Gasteiger partial charge in [0.2, 0.25) is 0 Å². The second-order valence-electron chi connectivity index (χ2n) is 5.44. The van der Waals surface area contributed by atoms with Crippen LogP contribution >= 0.6 is 11.6 Å². The van der Waals surface area contributed by atoms with Gasteiger partial charge in [-0.25, -0.2) is 4.39 Å². The number of benzene rings is 2. The van der Waals surface area contributed by atoms with E-state index in [2.05, 4.69) is 35.5 Å². The van der Waals surface area contributed by atoms with E-state index < -0.39 is 0 Å². The van der Waals surface area contributed by atoms with Crippen molar-refractivity contribution >= 4 is 23.0 Å². The number of rotatable bonds is 3. The zero-order valence-electron chi connectivity index (χ0n) is 12.0. The number of anilines is 2. The van der Waals surface area contributed by atoms with Gasteiger partial charge in [-0.15, -0.1) is 0 Å². The lowest BCUT2D eigenvalue weighted by molar-refractivity contribution is 0.630. The summed E-state index contributed by atoms with van der Waals surface area (Å²) in [6.45, 7) is 1.67. The van der Waals surface area contributed by atoms with E-state index in [0.29, 0.717) is 17.3 Å². The van der Waals surface area contributed by atoms with Gasteiger partial charge < -0.3 is 10.2 Å². The zero-order valence-corrected chi connectivity index (χ0v) is 12.8. The highest BCUT2D eigenvalue weighted by molar-refractivity contribution is 6.33. The Kier molecular flexibility index (Phi) is 4.02. The molecule has 3 rings (SSSR count). The molecule has 0 amide bonds.